The van der Waals surface area contributed by atoms with Crippen LogP contribution in [0.5, 0.6) is 5.75 Å². The molecule has 0 saturated carbocycles. The Morgan fingerprint density at radius 3 is 2.78 bits per heavy atom. The molecule has 2 aromatic heterocycles. The monoisotopic (exact) mass is 380 g/mol. The molecule has 0 unspecified atom stereocenters. The average Bonchev–Trinajstić information content (AvgIpc) is 2.69. The van der Waals surface area contributed by atoms with E-state index in [0.29, 0.717) is 17.9 Å². The number of aromatic nitrogens is 3. The minimum atomic E-state index is -0.0987. The summed E-state index contributed by atoms with van der Waals surface area (Å²) in [6, 6.07) is 13.9. The topological polar surface area (TPSA) is 74.0 Å². The Kier molecular flexibility index (Phi) is 4.87. The molecular weight excluding hydrogens is 360 g/mol. The number of hydrogen-bond donors (Lipinski definition) is 2. The smallest absolute Gasteiger partial charge is 0.256 e. The van der Waals surface area contributed by atoms with E-state index >= 15 is 0 Å². The average molecular weight is 380 g/mol. The molecule has 27 heavy (non-hydrogen) atoms. The predicted octanol–water partition coefficient (Wildman–Crippen LogP) is 3.06. The molecule has 0 bridgehead atoms. The van der Waals surface area contributed by atoms with Crippen LogP contribution >= 0.6 is 12.2 Å². The third-order valence-electron chi connectivity index (χ3n) is 4.77. The lowest BCUT2D eigenvalue weighted by atomic mass is 10.1. The number of benzene rings is 1. The lowest BCUT2D eigenvalue weighted by Gasteiger charge is -2.27. The SMILES string of the molecule is COc1ccc(-c2cccc(CN3CCc4[nH]c(=S)[nH]c(=O)c4C3)n2)cc1. The van der Waals surface area contributed by atoms with Crippen molar-refractivity contribution in [2.24, 2.45) is 0 Å². The van der Waals surface area contributed by atoms with Gasteiger partial charge in [-0.2, -0.15) is 0 Å². The van der Waals surface area contributed by atoms with Gasteiger partial charge in [0.1, 0.15) is 5.75 Å². The molecule has 0 fully saturated rings. The van der Waals surface area contributed by atoms with Gasteiger partial charge in [-0.15, -0.1) is 0 Å². The van der Waals surface area contributed by atoms with Crippen LogP contribution in [0, 0.1) is 4.77 Å². The van der Waals surface area contributed by atoms with Crippen LogP contribution in [0.1, 0.15) is 17.0 Å². The van der Waals surface area contributed by atoms with Crippen LogP contribution in [0.3, 0.4) is 0 Å². The number of nitrogens with one attached hydrogen (secondary N) is 2. The summed E-state index contributed by atoms with van der Waals surface area (Å²) in [6.07, 6.45) is 0.779. The summed E-state index contributed by atoms with van der Waals surface area (Å²) in [5.74, 6) is 0.825. The van der Waals surface area contributed by atoms with Crippen molar-refractivity contribution in [1.82, 2.24) is 19.9 Å². The van der Waals surface area contributed by atoms with Gasteiger partial charge in [-0.3, -0.25) is 19.7 Å². The third-order valence-corrected chi connectivity index (χ3v) is 4.97. The molecule has 138 valence electrons. The van der Waals surface area contributed by atoms with Gasteiger partial charge in [0.25, 0.3) is 5.56 Å². The van der Waals surface area contributed by atoms with E-state index in [-0.39, 0.29) is 5.56 Å². The zero-order chi connectivity index (χ0) is 18.8. The highest BCUT2D eigenvalue weighted by Crippen LogP contribution is 2.22. The van der Waals surface area contributed by atoms with Crippen molar-refractivity contribution in [3.05, 3.63) is 74.5 Å². The fourth-order valence-corrected chi connectivity index (χ4v) is 3.58. The van der Waals surface area contributed by atoms with Gasteiger partial charge in [0, 0.05) is 37.3 Å². The normalized spacial score (nSPS) is 14.0. The summed E-state index contributed by atoms with van der Waals surface area (Å²) in [6.45, 7) is 2.14. The van der Waals surface area contributed by atoms with Gasteiger partial charge in [0.15, 0.2) is 4.77 Å². The number of nitrogens with zero attached hydrogens (tertiary/aromatic N) is 2. The number of H-pyrrole nitrogens is 2. The standard InChI is InChI=1S/C20H20N4O2S/c1-26-15-7-5-13(6-8-15)17-4-2-3-14(21-17)11-24-10-9-18-16(12-24)19(25)23-20(27)22-18/h2-8H,9-12H2,1H3,(H2,22,23,25,27). The second-order valence-corrected chi connectivity index (χ2v) is 6.98. The quantitative estimate of drug-likeness (QED) is 0.681. The Balaban J connectivity index is 1.53. The highest BCUT2D eigenvalue weighted by molar-refractivity contribution is 7.71. The molecule has 0 aliphatic carbocycles. The van der Waals surface area contributed by atoms with Crippen LogP contribution in [0.2, 0.25) is 0 Å². The van der Waals surface area contributed by atoms with Crippen molar-refractivity contribution in [3.63, 3.8) is 0 Å². The van der Waals surface area contributed by atoms with Gasteiger partial charge in [-0.05, 0) is 48.6 Å². The second kappa shape index (κ2) is 7.46. The van der Waals surface area contributed by atoms with Crippen LogP contribution in [0.15, 0.2) is 47.3 Å². The van der Waals surface area contributed by atoms with Gasteiger partial charge >= 0.3 is 0 Å². The summed E-state index contributed by atoms with van der Waals surface area (Å²) >= 11 is 5.05. The number of ether oxygens (including phenoxy) is 1. The summed E-state index contributed by atoms with van der Waals surface area (Å²) < 4.78 is 5.60. The first-order valence-corrected chi connectivity index (χ1v) is 9.20. The largest absolute Gasteiger partial charge is 0.497 e. The van der Waals surface area contributed by atoms with E-state index in [1.807, 2.05) is 42.5 Å². The predicted molar refractivity (Wildman–Crippen MR) is 106 cm³/mol. The molecule has 4 rings (SSSR count). The van der Waals surface area contributed by atoms with E-state index in [2.05, 4.69) is 14.9 Å². The Hall–Kier alpha value is -2.77. The zero-order valence-corrected chi connectivity index (χ0v) is 15.8. The molecule has 3 aromatic rings. The Labute approximate surface area is 161 Å². The minimum absolute atomic E-state index is 0.0987. The third kappa shape index (κ3) is 3.84. The van der Waals surface area contributed by atoms with Gasteiger partial charge in [0.05, 0.1) is 24.1 Å². The summed E-state index contributed by atoms with van der Waals surface area (Å²) in [4.78, 5) is 25.0. The Morgan fingerprint density at radius 2 is 2.00 bits per heavy atom. The number of rotatable bonds is 4. The fraction of sp³-hybridized carbons (Fsp3) is 0.250. The number of pyridine rings is 1. The summed E-state index contributed by atoms with van der Waals surface area (Å²) in [5.41, 5.74) is 4.56. The van der Waals surface area contributed by atoms with Crippen LogP contribution in [-0.2, 0) is 19.5 Å². The maximum Gasteiger partial charge on any atom is 0.256 e. The zero-order valence-electron chi connectivity index (χ0n) is 15.0. The van der Waals surface area contributed by atoms with Gasteiger partial charge < -0.3 is 9.72 Å². The molecule has 0 atom stereocenters. The molecule has 1 aliphatic heterocycles. The van der Waals surface area contributed by atoms with Crippen LogP contribution in [0.25, 0.3) is 11.3 Å². The highest BCUT2D eigenvalue weighted by atomic mass is 32.1. The van der Waals surface area contributed by atoms with Gasteiger partial charge in [0.2, 0.25) is 0 Å². The van der Waals surface area contributed by atoms with Crippen LogP contribution in [0.4, 0.5) is 0 Å². The first-order valence-electron chi connectivity index (χ1n) is 8.79. The first kappa shape index (κ1) is 17.6. The molecule has 0 saturated heterocycles. The number of hydrogen-bond acceptors (Lipinski definition) is 5. The maximum absolute atomic E-state index is 12.2. The Bertz CT molecular complexity index is 1070. The second-order valence-electron chi connectivity index (χ2n) is 6.57. The lowest BCUT2D eigenvalue weighted by Crippen LogP contribution is -2.35. The summed E-state index contributed by atoms with van der Waals surface area (Å²) in [5, 5.41) is 0. The molecule has 0 radical (unpaired) electrons. The van der Waals surface area contributed by atoms with Crippen molar-refractivity contribution < 1.29 is 4.74 Å². The molecule has 0 spiro atoms. The van der Waals surface area contributed by atoms with Crippen LogP contribution in [-0.4, -0.2) is 33.5 Å². The number of methoxy groups -OCH3 is 1. The minimum Gasteiger partial charge on any atom is -0.497 e. The van der Waals surface area contributed by atoms with Gasteiger partial charge in [-0.25, -0.2) is 0 Å². The van der Waals surface area contributed by atoms with E-state index in [9.17, 15) is 4.79 Å². The van der Waals surface area contributed by atoms with Crippen molar-refractivity contribution in [1.29, 1.82) is 0 Å². The Morgan fingerprint density at radius 1 is 1.19 bits per heavy atom. The molecule has 1 aliphatic rings. The van der Waals surface area contributed by atoms with Crippen molar-refractivity contribution in [2.75, 3.05) is 13.7 Å². The van der Waals surface area contributed by atoms with E-state index in [4.69, 9.17) is 21.9 Å². The van der Waals surface area contributed by atoms with E-state index in [1.165, 1.54) is 0 Å². The molecular formula is C20H20N4O2S. The lowest BCUT2D eigenvalue weighted by molar-refractivity contribution is 0.239. The number of fused-ring (bicyclic) bond motifs is 1. The van der Waals surface area contributed by atoms with E-state index in [1.54, 1.807) is 7.11 Å². The highest BCUT2D eigenvalue weighted by Gasteiger charge is 2.20. The molecule has 1 aromatic carbocycles. The molecule has 0 amide bonds. The fourth-order valence-electron chi connectivity index (χ4n) is 3.37. The summed E-state index contributed by atoms with van der Waals surface area (Å²) in [7, 11) is 1.66. The van der Waals surface area contributed by atoms with Crippen LogP contribution < -0.4 is 10.3 Å². The van der Waals surface area contributed by atoms with Crippen molar-refractivity contribution in [3.8, 4) is 17.0 Å². The van der Waals surface area contributed by atoms with Crippen molar-refractivity contribution >= 4 is 12.2 Å². The molecule has 3 heterocycles. The van der Waals surface area contributed by atoms with E-state index in [0.717, 1.165) is 46.9 Å². The first-order chi connectivity index (χ1) is 13.1. The molecule has 7 heteroatoms. The number of aromatic amines is 2. The molecule has 6 nitrogen and oxygen atoms in total. The van der Waals surface area contributed by atoms with E-state index < -0.39 is 0 Å². The molecule has 2 N–H and O–H groups in total. The van der Waals surface area contributed by atoms with Crippen molar-refractivity contribution in [2.45, 2.75) is 19.5 Å². The van der Waals surface area contributed by atoms with Gasteiger partial charge in [-0.1, -0.05) is 6.07 Å². The maximum atomic E-state index is 12.2.